The number of rotatable bonds is 4. The average Bonchev–Trinajstić information content (AvgIpc) is 3.04. The van der Waals surface area contributed by atoms with Crippen molar-refractivity contribution in [2.75, 3.05) is 0 Å². The summed E-state index contributed by atoms with van der Waals surface area (Å²) in [6, 6.07) is 10.5. The Labute approximate surface area is 138 Å². The molecule has 1 aromatic carbocycles. The first-order chi connectivity index (χ1) is 10.9. The van der Waals surface area contributed by atoms with Gasteiger partial charge in [0.25, 0.3) is 0 Å². The first-order valence-electron chi connectivity index (χ1n) is 8.29. The van der Waals surface area contributed by atoms with E-state index in [-0.39, 0.29) is 24.2 Å². The van der Waals surface area contributed by atoms with Crippen LogP contribution in [0.1, 0.15) is 58.2 Å². The standard InChI is InChI=1S/C18H25BN2O2/c1-6-14(13-10-8-7-9-11-13)16-15(12-20-21-16)19-22-17(2,3)18(4,5)23-19/h7-12,14H,6H2,1-5H3,(H,20,21). The number of nitrogens with zero attached hydrogens (tertiary/aromatic N) is 1. The van der Waals surface area contributed by atoms with E-state index in [1.807, 2.05) is 12.3 Å². The number of hydrogen-bond acceptors (Lipinski definition) is 3. The number of hydrogen-bond donors (Lipinski definition) is 1. The van der Waals surface area contributed by atoms with Gasteiger partial charge in [0.2, 0.25) is 0 Å². The molecule has 0 amide bonds. The molecule has 1 aliphatic heterocycles. The van der Waals surface area contributed by atoms with Crippen molar-refractivity contribution in [1.29, 1.82) is 0 Å². The van der Waals surface area contributed by atoms with Gasteiger partial charge in [0.05, 0.1) is 11.2 Å². The molecule has 1 saturated heterocycles. The van der Waals surface area contributed by atoms with Gasteiger partial charge in [0.1, 0.15) is 0 Å². The Morgan fingerprint density at radius 1 is 1.09 bits per heavy atom. The normalized spacial score (nSPS) is 20.7. The molecule has 2 aromatic rings. The third kappa shape index (κ3) is 2.84. The Hall–Kier alpha value is -1.59. The second-order valence-corrected chi connectivity index (χ2v) is 7.20. The maximum atomic E-state index is 6.20. The Kier molecular flexibility index (Phi) is 4.11. The summed E-state index contributed by atoms with van der Waals surface area (Å²) < 4.78 is 12.4. The van der Waals surface area contributed by atoms with Gasteiger partial charge in [0, 0.05) is 23.3 Å². The summed E-state index contributed by atoms with van der Waals surface area (Å²) in [5.74, 6) is 0.257. The second-order valence-electron chi connectivity index (χ2n) is 7.20. The third-order valence-electron chi connectivity index (χ3n) is 5.17. The molecule has 0 saturated carbocycles. The molecule has 0 aliphatic carbocycles. The van der Waals surface area contributed by atoms with E-state index >= 15 is 0 Å². The van der Waals surface area contributed by atoms with Gasteiger partial charge in [-0.1, -0.05) is 37.3 Å². The zero-order chi connectivity index (χ0) is 16.7. The summed E-state index contributed by atoms with van der Waals surface area (Å²) in [5.41, 5.74) is 2.66. The van der Waals surface area contributed by atoms with E-state index in [1.165, 1.54) is 5.56 Å². The molecule has 1 unspecified atom stereocenters. The van der Waals surface area contributed by atoms with Crippen LogP contribution in [0.3, 0.4) is 0 Å². The van der Waals surface area contributed by atoms with Crippen LogP contribution in [0.5, 0.6) is 0 Å². The van der Waals surface area contributed by atoms with E-state index in [0.29, 0.717) is 0 Å². The second kappa shape index (κ2) is 5.80. The van der Waals surface area contributed by atoms with Gasteiger partial charge in [-0.2, -0.15) is 5.10 Å². The minimum Gasteiger partial charge on any atom is -0.399 e. The molecule has 3 rings (SSSR count). The lowest BCUT2D eigenvalue weighted by atomic mass is 9.75. The quantitative estimate of drug-likeness (QED) is 0.882. The van der Waals surface area contributed by atoms with E-state index in [0.717, 1.165) is 17.6 Å². The molecule has 4 nitrogen and oxygen atoms in total. The molecule has 122 valence electrons. The van der Waals surface area contributed by atoms with Crippen LogP contribution in [0.25, 0.3) is 0 Å². The van der Waals surface area contributed by atoms with Gasteiger partial charge in [-0.15, -0.1) is 0 Å². The van der Waals surface area contributed by atoms with Crippen LogP contribution >= 0.6 is 0 Å². The monoisotopic (exact) mass is 312 g/mol. The minimum absolute atomic E-state index is 0.257. The van der Waals surface area contributed by atoms with Crippen molar-refractivity contribution < 1.29 is 9.31 Å². The molecule has 0 bridgehead atoms. The average molecular weight is 312 g/mol. The molecule has 5 heteroatoms. The number of aromatic nitrogens is 2. The molecule has 1 aliphatic rings. The van der Waals surface area contributed by atoms with E-state index in [1.54, 1.807) is 0 Å². The predicted molar refractivity (Wildman–Crippen MR) is 92.9 cm³/mol. The van der Waals surface area contributed by atoms with Gasteiger partial charge in [-0.3, -0.25) is 5.10 Å². The number of nitrogens with one attached hydrogen (secondary N) is 1. The molecular weight excluding hydrogens is 287 g/mol. The van der Waals surface area contributed by atoms with Crippen molar-refractivity contribution in [1.82, 2.24) is 10.2 Å². The fraction of sp³-hybridized carbons (Fsp3) is 0.500. The van der Waals surface area contributed by atoms with E-state index in [4.69, 9.17) is 9.31 Å². The van der Waals surface area contributed by atoms with E-state index in [2.05, 4.69) is 69.1 Å². The fourth-order valence-corrected chi connectivity index (χ4v) is 3.03. The van der Waals surface area contributed by atoms with Crippen molar-refractivity contribution in [2.45, 2.75) is 58.2 Å². The Balaban J connectivity index is 1.94. The highest BCUT2D eigenvalue weighted by Gasteiger charge is 2.52. The Morgan fingerprint density at radius 3 is 2.26 bits per heavy atom. The van der Waals surface area contributed by atoms with E-state index < -0.39 is 0 Å². The van der Waals surface area contributed by atoms with Crippen LogP contribution in [0, 0.1) is 0 Å². The lowest BCUT2D eigenvalue weighted by Gasteiger charge is -2.32. The summed E-state index contributed by atoms with van der Waals surface area (Å²) in [6.07, 6.45) is 2.82. The fourth-order valence-electron chi connectivity index (χ4n) is 3.03. The maximum absolute atomic E-state index is 6.20. The zero-order valence-corrected chi connectivity index (χ0v) is 14.6. The third-order valence-corrected chi connectivity index (χ3v) is 5.17. The lowest BCUT2D eigenvalue weighted by Crippen LogP contribution is -2.41. The van der Waals surface area contributed by atoms with Crippen LogP contribution in [0.2, 0.25) is 0 Å². The SMILES string of the molecule is CCC(c1ccccc1)c1[nH]ncc1B1OC(C)(C)C(C)(C)O1. The summed E-state index contributed by atoms with van der Waals surface area (Å²) in [6.45, 7) is 10.5. The van der Waals surface area contributed by atoms with Crippen molar-refractivity contribution in [3.05, 3.63) is 47.8 Å². The van der Waals surface area contributed by atoms with E-state index in [9.17, 15) is 0 Å². The summed E-state index contributed by atoms with van der Waals surface area (Å²) in [4.78, 5) is 0. The summed E-state index contributed by atoms with van der Waals surface area (Å²) in [7, 11) is -0.383. The van der Waals surface area contributed by atoms with Crippen LogP contribution in [-0.4, -0.2) is 28.5 Å². The predicted octanol–water partition coefficient (Wildman–Crippen LogP) is 3.25. The number of H-pyrrole nitrogens is 1. The minimum atomic E-state index is -0.383. The van der Waals surface area contributed by atoms with Crippen molar-refractivity contribution in [2.24, 2.45) is 0 Å². The number of aromatic amines is 1. The molecule has 1 N–H and O–H groups in total. The molecule has 23 heavy (non-hydrogen) atoms. The molecular formula is C18H25BN2O2. The zero-order valence-electron chi connectivity index (χ0n) is 14.6. The first-order valence-corrected chi connectivity index (χ1v) is 8.29. The molecule has 1 atom stereocenters. The van der Waals surface area contributed by atoms with Gasteiger partial charge >= 0.3 is 7.12 Å². The van der Waals surface area contributed by atoms with Gasteiger partial charge in [0.15, 0.2) is 0 Å². The van der Waals surface area contributed by atoms with Crippen LogP contribution in [-0.2, 0) is 9.31 Å². The van der Waals surface area contributed by atoms with Gasteiger partial charge in [-0.25, -0.2) is 0 Å². The first kappa shape index (κ1) is 16.3. The number of benzene rings is 1. The van der Waals surface area contributed by atoms with Gasteiger partial charge in [-0.05, 0) is 39.7 Å². The maximum Gasteiger partial charge on any atom is 0.498 e. The van der Waals surface area contributed by atoms with Crippen LogP contribution in [0.15, 0.2) is 36.5 Å². The molecule has 2 heterocycles. The van der Waals surface area contributed by atoms with Crippen LogP contribution in [0.4, 0.5) is 0 Å². The largest absolute Gasteiger partial charge is 0.498 e. The highest BCUT2D eigenvalue weighted by Crippen LogP contribution is 2.37. The lowest BCUT2D eigenvalue weighted by molar-refractivity contribution is 0.00578. The van der Waals surface area contributed by atoms with Gasteiger partial charge < -0.3 is 9.31 Å². The highest BCUT2D eigenvalue weighted by atomic mass is 16.7. The summed E-state index contributed by atoms with van der Waals surface area (Å²) in [5, 5.41) is 7.45. The molecule has 1 aromatic heterocycles. The molecule has 0 spiro atoms. The molecule has 1 fully saturated rings. The van der Waals surface area contributed by atoms with Crippen molar-refractivity contribution >= 4 is 12.6 Å². The Bertz CT molecular complexity index is 651. The highest BCUT2D eigenvalue weighted by molar-refractivity contribution is 6.62. The van der Waals surface area contributed by atoms with Crippen molar-refractivity contribution in [3.8, 4) is 0 Å². The molecule has 0 radical (unpaired) electrons. The smallest absolute Gasteiger partial charge is 0.399 e. The topological polar surface area (TPSA) is 47.1 Å². The summed E-state index contributed by atoms with van der Waals surface area (Å²) >= 11 is 0. The Morgan fingerprint density at radius 2 is 1.70 bits per heavy atom. The van der Waals surface area contributed by atoms with Crippen LogP contribution < -0.4 is 5.46 Å². The van der Waals surface area contributed by atoms with Crippen molar-refractivity contribution in [3.63, 3.8) is 0 Å².